The highest BCUT2D eigenvalue weighted by atomic mass is 32.2. The van der Waals surface area contributed by atoms with Crippen LogP contribution in [0.25, 0.3) is 11.6 Å². The maximum Gasteiger partial charge on any atom is 0.200 e. The molecule has 0 unspecified atom stereocenters. The molecule has 0 fully saturated rings. The molecule has 3 aromatic rings. The van der Waals surface area contributed by atoms with Crippen LogP contribution in [0.3, 0.4) is 0 Å². The van der Waals surface area contributed by atoms with E-state index in [9.17, 15) is 0 Å². The summed E-state index contributed by atoms with van der Waals surface area (Å²) in [6.45, 7) is 6.63. The van der Waals surface area contributed by atoms with E-state index >= 15 is 0 Å². The molecule has 5 nitrogen and oxygen atoms in total. The van der Waals surface area contributed by atoms with Crippen LogP contribution in [0.2, 0.25) is 0 Å². The first-order valence-electron chi connectivity index (χ1n) is 7.46. The van der Waals surface area contributed by atoms with Crippen LogP contribution in [0.1, 0.15) is 24.0 Å². The topological polar surface area (TPSA) is 56.7 Å². The number of furan rings is 1. The van der Waals surface area contributed by atoms with Gasteiger partial charge in [0.1, 0.15) is 0 Å². The van der Waals surface area contributed by atoms with Gasteiger partial charge >= 0.3 is 0 Å². The summed E-state index contributed by atoms with van der Waals surface area (Å²) in [5, 5.41) is 12.7. The van der Waals surface area contributed by atoms with Crippen molar-refractivity contribution in [3.05, 3.63) is 47.1 Å². The van der Waals surface area contributed by atoms with Gasteiger partial charge in [-0.15, -0.1) is 28.1 Å². The quantitative estimate of drug-likeness (QED) is 0.446. The lowest BCUT2D eigenvalue weighted by molar-refractivity contribution is 0.569. The van der Waals surface area contributed by atoms with Gasteiger partial charge in [0, 0.05) is 17.7 Å². The van der Waals surface area contributed by atoms with Crippen molar-refractivity contribution in [2.24, 2.45) is 0 Å². The van der Waals surface area contributed by atoms with Crippen molar-refractivity contribution in [1.29, 1.82) is 0 Å². The second-order valence-corrected chi connectivity index (χ2v) is 6.84. The van der Waals surface area contributed by atoms with Gasteiger partial charge in [0.2, 0.25) is 5.82 Å². The molecular formula is C16H18N4OS2. The Morgan fingerprint density at radius 3 is 3.09 bits per heavy atom. The third kappa shape index (κ3) is 3.73. The van der Waals surface area contributed by atoms with Gasteiger partial charge < -0.3 is 4.42 Å². The predicted molar refractivity (Wildman–Crippen MR) is 93.6 cm³/mol. The Kier molecular flexibility index (Phi) is 5.30. The lowest BCUT2D eigenvalue weighted by atomic mass is 10.3. The molecule has 0 N–H and O–H groups in total. The first-order valence-corrected chi connectivity index (χ1v) is 9.32. The predicted octanol–water partition coefficient (Wildman–Crippen LogP) is 4.43. The minimum atomic E-state index is 0.642. The van der Waals surface area contributed by atoms with Crippen molar-refractivity contribution in [1.82, 2.24) is 19.7 Å². The molecule has 0 atom stereocenters. The molecule has 3 heterocycles. The largest absolute Gasteiger partial charge is 0.461 e. The highest BCUT2D eigenvalue weighted by molar-refractivity contribution is 7.98. The second kappa shape index (κ2) is 7.61. The molecule has 0 aliphatic rings. The second-order valence-electron chi connectivity index (χ2n) is 4.95. The van der Waals surface area contributed by atoms with Gasteiger partial charge in [0.15, 0.2) is 10.9 Å². The highest BCUT2D eigenvalue weighted by Gasteiger charge is 2.16. The summed E-state index contributed by atoms with van der Waals surface area (Å²) >= 11 is 3.36. The van der Waals surface area contributed by atoms with E-state index in [1.54, 1.807) is 29.4 Å². The summed E-state index contributed by atoms with van der Waals surface area (Å²) in [6, 6.07) is 3.73. The first kappa shape index (κ1) is 16.0. The Balaban J connectivity index is 1.75. The Labute approximate surface area is 143 Å². The minimum absolute atomic E-state index is 0.642. The Hall–Kier alpha value is -1.86. The maximum atomic E-state index is 5.44. The van der Waals surface area contributed by atoms with Crippen LogP contribution in [0.15, 0.2) is 46.0 Å². The number of hydrogen-bond donors (Lipinski definition) is 0. The average molecular weight is 346 g/mol. The molecule has 23 heavy (non-hydrogen) atoms. The number of nitrogens with zero attached hydrogens (tertiary/aromatic N) is 4. The minimum Gasteiger partial charge on any atom is -0.461 e. The zero-order valence-electron chi connectivity index (χ0n) is 12.9. The van der Waals surface area contributed by atoms with E-state index in [1.807, 2.05) is 22.8 Å². The summed E-state index contributed by atoms with van der Waals surface area (Å²) < 4.78 is 7.45. The smallest absolute Gasteiger partial charge is 0.200 e. The van der Waals surface area contributed by atoms with E-state index < -0.39 is 0 Å². The molecule has 120 valence electrons. The highest BCUT2D eigenvalue weighted by Crippen LogP contribution is 2.27. The fourth-order valence-electron chi connectivity index (χ4n) is 2.16. The van der Waals surface area contributed by atoms with Crippen LogP contribution in [0.4, 0.5) is 0 Å². The molecule has 3 aromatic heterocycles. The van der Waals surface area contributed by atoms with E-state index in [0.717, 1.165) is 35.3 Å². The summed E-state index contributed by atoms with van der Waals surface area (Å²) in [6.07, 6.45) is 5.65. The molecule has 0 aliphatic heterocycles. The number of rotatable bonds is 8. The lowest BCUT2D eigenvalue weighted by Crippen LogP contribution is -2.00. The van der Waals surface area contributed by atoms with E-state index in [2.05, 4.69) is 34.1 Å². The molecule has 7 heteroatoms. The van der Waals surface area contributed by atoms with Gasteiger partial charge in [-0.2, -0.15) is 0 Å². The number of thioether (sulfide) groups is 1. The van der Waals surface area contributed by atoms with Crippen molar-refractivity contribution in [2.45, 2.75) is 37.2 Å². The van der Waals surface area contributed by atoms with Gasteiger partial charge in [0.25, 0.3) is 0 Å². The van der Waals surface area contributed by atoms with Crippen LogP contribution < -0.4 is 0 Å². The van der Waals surface area contributed by atoms with Crippen molar-refractivity contribution >= 4 is 23.1 Å². The number of thiazole rings is 1. The number of aromatic nitrogens is 4. The fraction of sp³-hybridized carbons (Fsp3) is 0.312. The first-order chi connectivity index (χ1) is 11.3. The van der Waals surface area contributed by atoms with Crippen LogP contribution in [0.5, 0.6) is 0 Å². The molecule has 0 aromatic carbocycles. The Bertz CT molecular complexity index is 761. The summed E-state index contributed by atoms with van der Waals surface area (Å²) in [7, 11) is 0. The van der Waals surface area contributed by atoms with Crippen molar-refractivity contribution in [3.63, 3.8) is 0 Å². The molecule has 0 saturated carbocycles. The van der Waals surface area contributed by atoms with Gasteiger partial charge in [-0.05, 0) is 25.0 Å². The summed E-state index contributed by atoms with van der Waals surface area (Å²) in [5.74, 6) is 2.22. The fourth-order valence-corrected chi connectivity index (χ4v) is 4.01. The lowest BCUT2D eigenvalue weighted by Gasteiger charge is -2.05. The monoisotopic (exact) mass is 346 g/mol. The third-order valence-electron chi connectivity index (χ3n) is 3.18. The summed E-state index contributed by atoms with van der Waals surface area (Å²) in [5.41, 5.74) is 1.09. The number of allylic oxidation sites excluding steroid dienone is 1. The molecular weight excluding hydrogens is 328 g/mol. The van der Waals surface area contributed by atoms with Crippen LogP contribution in [0, 0.1) is 0 Å². The molecule has 3 rings (SSSR count). The van der Waals surface area contributed by atoms with Crippen LogP contribution >= 0.6 is 23.1 Å². The van der Waals surface area contributed by atoms with E-state index in [1.165, 1.54) is 5.01 Å². The molecule has 0 bridgehead atoms. The van der Waals surface area contributed by atoms with E-state index in [0.29, 0.717) is 12.3 Å². The van der Waals surface area contributed by atoms with Gasteiger partial charge in [0.05, 0.1) is 17.0 Å². The number of hydrogen-bond acceptors (Lipinski definition) is 6. The van der Waals surface area contributed by atoms with Crippen molar-refractivity contribution in [2.75, 3.05) is 0 Å². The van der Waals surface area contributed by atoms with E-state index in [4.69, 9.17) is 4.42 Å². The molecule has 0 saturated heterocycles. The maximum absolute atomic E-state index is 5.44. The zero-order valence-corrected chi connectivity index (χ0v) is 14.6. The van der Waals surface area contributed by atoms with Gasteiger partial charge in [-0.25, -0.2) is 4.98 Å². The average Bonchev–Trinajstić information content (AvgIpc) is 3.26. The summed E-state index contributed by atoms with van der Waals surface area (Å²) in [4.78, 5) is 4.65. The molecule has 0 aliphatic carbocycles. The number of aryl methyl sites for hydroxylation is 1. The standard InChI is InChI=1S/C16H18N4OS2/c1-3-6-14-17-12(10-22-14)11-23-16-19-18-15(20(16)8-4-2)13-7-5-9-21-13/h4-5,7,9-10H,2-3,6,8,11H2,1H3. The van der Waals surface area contributed by atoms with Gasteiger partial charge in [-0.3, -0.25) is 4.57 Å². The Morgan fingerprint density at radius 1 is 1.43 bits per heavy atom. The molecule has 0 spiro atoms. The SMILES string of the molecule is C=CCn1c(SCc2csc(CCC)n2)nnc1-c1ccco1. The van der Waals surface area contributed by atoms with E-state index in [-0.39, 0.29) is 0 Å². The third-order valence-corrected chi connectivity index (χ3v) is 5.14. The van der Waals surface area contributed by atoms with Gasteiger partial charge in [-0.1, -0.05) is 24.8 Å². The molecule has 0 amide bonds. The van der Waals surface area contributed by atoms with Crippen molar-refractivity contribution in [3.8, 4) is 11.6 Å². The normalized spacial score (nSPS) is 11.0. The van der Waals surface area contributed by atoms with Crippen molar-refractivity contribution < 1.29 is 4.42 Å². The zero-order chi connectivity index (χ0) is 16.1. The van der Waals surface area contributed by atoms with Crippen LogP contribution in [-0.4, -0.2) is 19.7 Å². The van der Waals surface area contributed by atoms with Crippen LogP contribution in [-0.2, 0) is 18.7 Å². The molecule has 0 radical (unpaired) electrons. The Morgan fingerprint density at radius 2 is 2.35 bits per heavy atom.